The van der Waals surface area contributed by atoms with E-state index in [-0.39, 0.29) is 11.7 Å². The van der Waals surface area contributed by atoms with Crippen LogP contribution >= 0.6 is 0 Å². The normalized spacial score (nSPS) is 18.1. The van der Waals surface area contributed by atoms with Gasteiger partial charge >= 0.3 is 6.09 Å². The van der Waals surface area contributed by atoms with Crippen LogP contribution in [-0.2, 0) is 14.3 Å². The molecule has 0 spiro atoms. The number of alkyl carbamates (subject to hydrolysis) is 1. The molecular formula is C13H24N2O4. The molecule has 0 aromatic rings. The number of nitrogens with zero attached hydrogens (tertiary/aromatic N) is 1. The second-order valence-corrected chi connectivity index (χ2v) is 4.99. The largest absolute Gasteiger partial charge is 0.453 e. The predicted octanol–water partition coefficient (Wildman–Crippen LogP) is 0.658. The third kappa shape index (κ3) is 5.57. The van der Waals surface area contributed by atoms with Gasteiger partial charge in [-0.25, -0.2) is 4.79 Å². The van der Waals surface area contributed by atoms with Crippen molar-refractivity contribution in [3.05, 3.63) is 0 Å². The second-order valence-electron chi connectivity index (χ2n) is 4.99. The van der Waals surface area contributed by atoms with Crippen LogP contribution in [0.3, 0.4) is 0 Å². The number of ether oxygens (including phenoxy) is 2. The number of morpholine rings is 1. The zero-order valence-corrected chi connectivity index (χ0v) is 12.0. The number of Topliss-reactive ketones (excluding diaryl/α,β-unsaturated/α-hetero) is 1. The fraction of sp³-hybridized carbons (Fsp3) is 0.846. The highest BCUT2D eigenvalue weighted by atomic mass is 16.5. The zero-order valence-electron chi connectivity index (χ0n) is 12.0. The van der Waals surface area contributed by atoms with Gasteiger partial charge in [0.05, 0.1) is 26.4 Å². The van der Waals surface area contributed by atoms with Crippen LogP contribution in [-0.4, -0.2) is 62.8 Å². The van der Waals surface area contributed by atoms with Gasteiger partial charge in [0.15, 0.2) is 5.78 Å². The van der Waals surface area contributed by atoms with Gasteiger partial charge in [-0.3, -0.25) is 9.69 Å². The molecule has 1 N–H and O–H groups in total. The Hall–Kier alpha value is -1.14. The first-order valence-corrected chi connectivity index (χ1v) is 6.73. The summed E-state index contributed by atoms with van der Waals surface area (Å²) in [7, 11) is 1.30. The summed E-state index contributed by atoms with van der Waals surface area (Å²) in [6.45, 7) is 7.66. The monoisotopic (exact) mass is 272 g/mol. The Morgan fingerprint density at radius 1 is 1.32 bits per heavy atom. The van der Waals surface area contributed by atoms with E-state index < -0.39 is 12.1 Å². The molecule has 0 aromatic carbocycles. The minimum Gasteiger partial charge on any atom is -0.453 e. The Kier molecular flexibility index (Phi) is 6.80. The van der Waals surface area contributed by atoms with Crippen LogP contribution in [0.4, 0.5) is 4.79 Å². The lowest BCUT2D eigenvalue weighted by Gasteiger charge is -2.28. The molecule has 1 atom stereocenters. The molecular weight excluding hydrogens is 248 g/mol. The lowest BCUT2D eigenvalue weighted by molar-refractivity contribution is -0.124. The molecule has 1 aliphatic rings. The molecule has 1 aliphatic heterocycles. The van der Waals surface area contributed by atoms with Crippen LogP contribution < -0.4 is 5.32 Å². The summed E-state index contributed by atoms with van der Waals surface area (Å²) in [4.78, 5) is 25.6. The van der Waals surface area contributed by atoms with Crippen LogP contribution in [0.2, 0.25) is 0 Å². The molecule has 6 heteroatoms. The Balaban J connectivity index is 2.47. The average molecular weight is 272 g/mol. The van der Waals surface area contributed by atoms with Crippen molar-refractivity contribution in [2.75, 3.05) is 40.0 Å². The summed E-state index contributed by atoms with van der Waals surface area (Å²) in [6, 6.07) is -0.477. The summed E-state index contributed by atoms with van der Waals surface area (Å²) in [5.41, 5.74) is 0. The molecule has 0 aliphatic carbocycles. The number of hydrogen-bond donors (Lipinski definition) is 1. The lowest BCUT2D eigenvalue weighted by atomic mass is 9.99. The number of methoxy groups -OCH3 is 1. The van der Waals surface area contributed by atoms with Crippen LogP contribution in [0.5, 0.6) is 0 Å². The number of carbonyl (C=O) groups is 2. The van der Waals surface area contributed by atoms with Crippen molar-refractivity contribution in [2.24, 2.45) is 5.92 Å². The topological polar surface area (TPSA) is 67.9 Å². The van der Waals surface area contributed by atoms with Crippen molar-refractivity contribution in [3.63, 3.8) is 0 Å². The van der Waals surface area contributed by atoms with Gasteiger partial charge in [0.1, 0.15) is 0 Å². The third-order valence-corrected chi connectivity index (χ3v) is 3.23. The molecule has 0 radical (unpaired) electrons. The molecule has 19 heavy (non-hydrogen) atoms. The fourth-order valence-corrected chi connectivity index (χ4v) is 2.03. The maximum Gasteiger partial charge on any atom is 0.407 e. The van der Waals surface area contributed by atoms with Gasteiger partial charge in [0.25, 0.3) is 0 Å². The van der Waals surface area contributed by atoms with Crippen LogP contribution in [0.25, 0.3) is 0 Å². The van der Waals surface area contributed by atoms with E-state index in [1.165, 1.54) is 7.11 Å². The molecule has 0 saturated carbocycles. The second kappa shape index (κ2) is 8.12. The molecule has 1 rings (SSSR count). The summed E-state index contributed by atoms with van der Waals surface area (Å²) in [5.74, 6) is -0.0643. The van der Waals surface area contributed by atoms with E-state index in [4.69, 9.17) is 4.74 Å². The van der Waals surface area contributed by atoms with Crippen molar-refractivity contribution >= 4 is 11.9 Å². The standard InChI is InChI=1S/C13H24N2O4/c1-10(2)12(16)11(14-13(17)18-3)4-5-15-6-8-19-9-7-15/h10-11H,4-9H2,1-3H3,(H,14,17). The number of carbonyl (C=O) groups excluding carboxylic acids is 2. The van der Waals surface area contributed by atoms with Crippen molar-refractivity contribution in [1.29, 1.82) is 0 Å². The Bertz CT molecular complexity index is 301. The third-order valence-electron chi connectivity index (χ3n) is 3.23. The zero-order chi connectivity index (χ0) is 14.3. The van der Waals surface area contributed by atoms with Crippen molar-refractivity contribution in [1.82, 2.24) is 10.2 Å². The number of rotatable bonds is 6. The SMILES string of the molecule is COC(=O)NC(CCN1CCOCC1)C(=O)C(C)C. The van der Waals surface area contributed by atoms with E-state index in [2.05, 4.69) is 15.0 Å². The highest BCUT2D eigenvalue weighted by Gasteiger charge is 2.24. The molecule has 1 amide bonds. The van der Waals surface area contributed by atoms with Gasteiger partial charge in [-0.05, 0) is 6.42 Å². The van der Waals surface area contributed by atoms with Crippen LogP contribution in [0.15, 0.2) is 0 Å². The van der Waals surface area contributed by atoms with Crippen molar-refractivity contribution < 1.29 is 19.1 Å². The highest BCUT2D eigenvalue weighted by molar-refractivity contribution is 5.88. The molecule has 1 heterocycles. The summed E-state index contributed by atoms with van der Waals surface area (Å²) in [5, 5.41) is 2.62. The van der Waals surface area contributed by atoms with Crippen molar-refractivity contribution in [3.8, 4) is 0 Å². The van der Waals surface area contributed by atoms with E-state index in [0.717, 1.165) is 32.8 Å². The van der Waals surface area contributed by atoms with Gasteiger partial charge in [-0.15, -0.1) is 0 Å². The quantitative estimate of drug-likeness (QED) is 0.769. The van der Waals surface area contributed by atoms with Gasteiger partial charge in [0.2, 0.25) is 0 Å². The maximum absolute atomic E-state index is 12.1. The smallest absolute Gasteiger partial charge is 0.407 e. The van der Waals surface area contributed by atoms with E-state index in [1.807, 2.05) is 13.8 Å². The number of ketones is 1. The van der Waals surface area contributed by atoms with Gasteiger partial charge < -0.3 is 14.8 Å². The maximum atomic E-state index is 12.1. The molecule has 1 saturated heterocycles. The first kappa shape index (κ1) is 15.9. The van der Waals surface area contributed by atoms with Gasteiger partial charge in [-0.2, -0.15) is 0 Å². The fourth-order valence-electron chi connectivity index (χ4n) is 2.03. The summed E-state index contributed by atoms with van der Waals surface area (Å²) in [6.07, 6.45) is 0.0486. The van der Waals surface area contributed by atoms with E-state index in [0.29, 0.717) is 6.42 Å². The lowest BCUT2D eigenvalue weighted by Crippen LogP contribution is -2.46. The summed E-state index contributed by atoms with van der Waals surface area (Å²) >= 11 is 0. The number of nitrogens with one attached hydrogen (secondary N) is 1. The first-order valence-electron chi connectivity index (χ1n) is 6.73. The van der Waals surface area contributed by atoms with Crippen LogP contribution in [0, 0.1) is 5.92 Å². The predicted molar refractivity (Wildman–Crippen MR) is 71.0 cm³/mol. The van der Waals surface area contributed by atoms with E-state index in [9.17, 15) is 9.59 Å². The first-order chi connectivity index (χ1) is 9.04. The average Bonchev–Trinajstić information content (AvgIpc) is 2.43. The Morgan fingerprint density at radius 2 is 1.95 bits per heavy atom. The molecule has 6 nitrogen and oxygen atoms in total. The molecule has 0 aromatic heterocycles. The molecule has 110 valence electrons. The number of hydrogen-bond acceptors (Lipinski definition) is 5. The summed E-state index contributed by atoms with van der Waals surface area (Å²) < 4.78 is 9.84. The van der Waals surface area contributed by atoms with Crippen LogP contribution in [0.1, 0.15) is 20.3 Å². The van der Waals surface area contributed by atoms with Crippen molar-refractivity contribution in [2.45, 2.75) is 26.3 Å². The molecule has 1 unspecified atom stereocenters. The highest BCUT2D eigenvalue weighted by Crippen LogP contribution is 2.07. The Morgan fingerprint density at radius 3 is 2.47 bits per heavy atom. The molecule has 0 bridgehead atoms. The Labute approximate surface area is 114 Å². The van der Waals surface area contributed by atoms with Gasteiger partial charge in [-0.1, -0.05) is 13.8 Å². The number of amides is 1. The molecule has 1 fully saturated rings. The van der Waals surface area contributed by atoms with E-state index in [1.54, 1.807) is 0 Å². The van der Waals surface area contributed by atoms with E-state index >= 15 is 0 Å². The van der Waals surface area contributed by atoms with Gasteiger partial charge in [0, 0.05) is 25.6 Å². The minimum absolute atomic E-state index is 0.0404. The minimum atomic E-state index is -0.555.